The Hall–Kier alpha value is -2.44. The van der Waals surface area contributed by atoms with Gasteiger partial charge in [0.05, 0.1) is 11.7 Å². The number of aromatic nitrogens is 3. The summed E-state index contributed by atoms with van der Waals surface area (Å²) in [5.74, 6) is 0.334. The second-order valence-corrected chi connectivity index (χ2v) is 8.25. The third kappa shape index (κ3) is 5.83. The molecular weight excluding hydrogens is 397 g/mol. The van der Waals surface area contributed by atoms with E-state index in [1.54, 1.807) is 7.05 Å². The number of carbonyl (C=O) groups is 1. The van der Waals surface area contributed by atoms with E-state index in [-0.39, 0.29) is 29.1 Å². The largest absolute Gasteiger partial charge is 0.490 e. The van der Waals surface area contributed by atoms with Crippen molar-refractivity contribution in [2.24, 2.45) is 13.0 Å². The van der Waals surface area contributed by atoms with Crippen LogP contribution in [0.4, 0.5) is 4.39 Å². The number of Topliss-reactive ketones (excluding diaryl/α,β-unsaturated/α-hetero) is 1. The fourth-order valence-corrected chi connectivity index (χ4v) is 3.73. The molecule has 0 aliphatic heterocycles. The lowest BCUT2D eigenvalue weighted by Crippen LogP contribution is -2.23. The van der Waals surface area contributed by atoms with Gasteiger partial charge in [-0.05, 0) is 31.7 Å². The van der Waals surface area contributed by atoms with Crippen molar-refractivity contribution in [2.75, 3.05) is 0 Å². The van der Waals surface area contributed by atoms with Crippen LogP contribution < -0.4 is 10.4 Å². The Labute approximate surface area is 184 Å². The number of halogens is 1. The highest BCUT2D eigenvalue weighted by atomic mass is 19.1. The molecule has 6 nitrogen and oxygen atoms in total. The van der Waals surface area contributed by atoms with E-state index in [0.717, 1.165) is 36.8 Å². The molecule has 0 aliphatic carbocycles. The molecule has 0 amide bonds. The van der Waals surface area contributed by atoms with Gasteiger partial charge in [-0.3, -0.25) is 9.36 Å². The third-order valence-electron chi connectivity index (χ3n) is 5.77. The predicted molar refractivity (Wildman–Crippen MR) is 121 cm³/mol. The van der Waals surface area contributed by atoms with Gasteiger partial charge in [0.25, 0.3) is 0 Å². The van der Waals surface area contributed by atoms with Crippen molar-refractivity contribution in [3.05, 3.63) is 39.8 Å². The zero-order valence-corrected chi connectivity index (χ0v) is 19.7. The van der Waals surface area contributed by atoms with Crippen LogP contribution in [-0.2, 0) is 13.5 Å². The van der Waals surface area contributed by atoms with Gasteiger partial charge in [0, 0.05) is 26.0 Å². The van der Waals surface area contributed by atoms with Gasteiger partial charge in [-0.15, -0.1) is 5.10 Å². The number of carbonyl (C=O) groups excluding carboxylic acids is 1. The molecule has 2 rings (SSSR count). The highest BCUT2D eigenvalue weighted by molar-refractivity contribution is 5.99. The van der Waals surface area contributed by atoms with Gasteiger partial charge in [0.15, 0.2) is 5.78 Å². The molecule has 1 aromatic carbocycles. The molecular formula is C24H36FN3O3. The summed E-state index contributed by atoms with van der Waals surface area (Å²) in [5, 5.41) is 4.32. The summed E-state index contributed by atoms with van der Waals surface area (Å²) in [7, 11) is 1.63. The molecule has 1 atom stereocenters. The Morgan fingerprint density at radius 1 is 1.16 bits per heavy atom. The van der Waals surface area contributed by atoms with E-state index in [0.29, 0.717) is 24.4 Å². The van der Waals surface area contributed by atoms with Crippen molar-refractivity contribution in [1.29, 1.82) is 0 Å². The van der Waals surface area contributed by atoms with Crippen LogP contribution in [0.3, 0.4) is 0 Å². The average molecular weight is 434 g/mol. The number of rotatable bonds is 12. The molecule has 0 saturated carbocycles. The molecule has 2 aromatic rings. The number of ether oxygens (including phenoxy) is 1. The average Bonchev–Trinajstić information content (AvgIpc) is 3.01. The Kier molecular flexibility index (Phi) is 9.01. The predicted octanol–water partition coefficient (Wildman–Crippen LogP) is 5.24. The molecule has 0 fully saturated rings. The quantitative estimate of drug-likeness (QED) is 0.429. The molecule has 0 unspecified atom stereocenters. The van der Waals surface area contributed by atoms with E-state index in [2.05, 4.69) is 12.0 Å². The molecule has 0 spiro atoms. The van der Waals surface area contributed by atoms with E-state index < -0.39 is 11.5 Å². The minimum Gasteiger partial charge on any atom is -0.490 e. The minimum atomic E-state index is -0.661. The van der Waals surface area contributed by atoms with Crippen LogP contribution >= 0.6 is 0 Å². The second-order valence-electron chi connectivity index (χ2n) is 8.25. The molecule has 0 bridgehead atoms. The first-order valence-corrected chi connectivity index (χ1v) is 11.5. The summed E-state index contributed by atoms with van der Waals surface area (Å²) in [4.78, 5) is 25.7. The lowest BCUT2D eigenvalue weighted by molar-refractivity contribution is 0.0951. The van der Waals surface area contributed by atoms with Gasteiger partial charge in [-0.2, -0.15) is 4.68 Å². The lowest BCUT2D eigenvalue weighted by atomic mass is 9.93. The Bertz CT molecular complexity index is 944. The summed E-state index contributed by atoms with van der Waals surface area (Å²) < 4.78 is 23.7. The number of benzene rings is 1. The van der Waals surface area contributed by atoms with Crippen LogP contribution in [0.1, 0.15) is 89.3 Å². The first-order valence-electron chi connectivity index (χ1n) is 11.5. The maximum Gasteiger partial charge on any atom is 0.350 e. The van der Waals surface area contributed by atoms with Crippen molar-refractivity contribution < 1.29 is 13.9 Å². The number of hydrogen-bond acceptors (Lipinski definition) is 4. The highest BCUT2D eigenvalue weighted by Gasteiger charge is 2.23. The van der Waals surface area contributed by atoms with Crippen molar-refractivity contribution in [2.45, 2.75) is 85.7 Å². The zero-order chi connectivity index (χ0) is 23.1. The molecule has 7 heteroatoms. The van der Waals surface area contributed by atoms with Crippen molar-refractivity contribution in [3.8, 4) is 11.4 Å². The number of nitrogens with zero attached hydrogens (tertiary/aromatic N) is 3. The Morgan fingerprint density at radius 3 is 2.42 bits per heavy atom. The van der Waals surface area contributed by atoms with Crippen molar-refractivity contribution >= 4 is 5.78 Å². The first kappa shape index (κ1) is 24.8. The minimum absolute atomic E-state index is 0.000680. The molecule has 31 heavy (non-hydrogen) atoms. The van der Waals surface area contributed by atoms with Gasteiger partial charge < -0.3 is 4.74 Å². The number of aryl methyl sites for hydroxylation is 1. The summed E-state index contributed by atoms with van der Waals surface area (Å²) in [6.45, 7) is 10.1. The van der Waals surface area contributed by atoms with E-state index in [9.17, 15) is 9.59 Å². The van der Waals surface area contributed by atoms with Gasteiger partial charge in [0.2, 0.25) is 0 Å². The lowest BCUT2D eigenvalue weighted by Gasteiger charge is -2.19. The van der Waals surface area contributed by atoms with E-state index in [4.69, 9.17) is 4.74 Å². The van der Waals surface area contributed by atoms with Crippen LogP contribution in [0.15, 0.2) is 16.9 Å². The third-order valence-corrected chi connectivity index (χ3v) is 5.77. The monoisotopic (exact) mass is 433 g/mol. The number of ketones is 1. The van der Waals surface area contributed by atoms with Crippen LogP contribution in [0.2, 0.25) is 0 Å². The fraction of sp³-hybridized carbons (Fsp3) is 0.625. The van der Waals surface area contributed by atoms with Gasteiger partial charge in [-0.25, -0.2) is 9.18 Å². The maximum absolute atomic E-state index is 15.2. The van der Waals surface area contributed by atoms with Crippen molar-refractivity contribution in [3.63, 3.8) is 0 Å². The van der Waals surface area contributed by atoms with Gasteiger partial charge in [0.1, 0.15) is 23.1 Å². The molecule has 0 saturated heterocycles. The topological polar surface area (TPSA) is 66.1 Å². The standard InChI is InChI=1S/C24H36FN3O3/c1-7-11-16(5)31-22-15-20(28-24(30)27(6)23(26-28)12-8-2)19(25)14-18(22)21(29)13-17(9-3)10-4/h14-17H,7-13H2,1-6H3/t16-/m0/s1. The summed E-state index contributed by atoms with van der Waals surface area (Å²) in [6, 6.07) is 2.65. The zero-order valence-electron chi connectivity index (χ0n) is 19.7. The Balaban J connectivity index is 2.56. The molecule has 0 aliphatic rings. The van der Waals surface area contributed by atoms with E-state index >= 15 is 4.39 Å². The van der Waals surface area contributed by atoms with Gasteiger partial charge in [-0.1, -0.05) is 47.0 Å². The molecule has 0 radical (unpaired) electrons. The normalized spacial score (nSPS) is 12.4. The molecule has 1 heterocycles. The highest BCUT2D eigenvalue weighted by Crippen LogP contribution is 2.29. The van der Waals surface area contributed by atoms with Crippen LogP contribution in [0.25, 0.3) is 5.69 Å². The maximum atomic E-state index is 15.2. The first-order chi connectivity index (χ1) is 14.8. The summed E-state index contributed by atoms with van der Waals surface area (Å²) in [5.41, 5.74) is -0.194. The van der Waals surface area contributed by atoms with E-state index in [1.165, 1.54) is 16.7 Å². The molecule has 1 aromatic heterocycles. The van der Waals surface area contributed by atoms with Crippen LogP contribution in [0, 0.1) is 11.7 Å². The van der Waals surface area contributed by atoms with Gasteiger partial charge >= 0.3 is 5.69 Å². The molecule has 0 N–H and O–H groups in total. The fourth-order valence-electron chi connectivity index (χ4n) is 3.73. The SMILES string of the molecule is CCCc1nn(-c2cc(O[C@@H](C)CCC)c(C(=O)CC(CC)CC)cc2F)c(=O)n1C. The molecule has 172 valence electrons. The smallest absolute Gasteiger partial charge is 0.350 e. The van der Waals surface area contributed by atoms with Crippen LogP contribution in [0.5, 0.6) is 5.75 Å². The van der Waals surface area contributed by atoms with Crippen LogP contribution in [-0.4, -0.2) is 26.2 Å². The summed E-state index contributed by atoms with van der Waals surface area (Å²) >= 11 is 0. The number of hydrogen-bond donors (Lipinski definition) is 0. The second kappa shape index (κ2) is 11.3. The van der Waals surface area contributed by atoms with E-state index in [1.807, 2.05) is 27.7 Å². The Morgan fingerprint density at radius 2 is 1.84 bits per heavy atom. The van der Waals surface area contributed by atoms with Crippen molar-refractivity contribution in [1.82, 2.24) is 14.3 Å². The summed E-state index contributed by atoms with van der Waals surface area (Å²) in [6.07, 6.45) is 5.13.